The van der Waals surface area contributed by atoms with Crippen LogP contribution in [0.25, 0.3) is 10.2 Å². The number of aromatic nitrogens is 2. The second kappa shape index (κ2) is 8.19. The first-order valence-electron chi connectivity index (χ1n) is 8.63. The van der Waals surface area contributed by atoms with Crippen LogP contribution in [0.15, 0.2) is 33.0 Å². The van der Waals surface area contributed by atoms with Crippen LogP contribution in [-0.2, 0) is 11.8 Å². The van der Waals surface area contributed by atoms with Gasteiger partial charge in [0.05, 0.1) is 10.8 Å². The predicted octanol–water partition coefficient (Wildman–Crippen LogP) is 3.48. The van der Waals surface area contributed by atoms with Crippen molar-refractivity contribution in [3.8, 4) is 0 Å². The highest BCUT2D eigenvalue weighted by atomic mass is 32.2. The molecule has 0 bridgehead atoms. The molecule has 0 saturated carbocycles. The monoisotopic (exact) mass is 377 g/mol. The molecule has 1 N–H and O–H groups in total. The van der Waals surface area contributed by atoms with Crippen LogP contribution in [0.5, 0.6) is 0 Å². The molecule has 1 atom stereocenters. The molecule has 1 amide bonds. The van der Waals surface area contributed by atoms with Crippen molar-refractivity contribution in [3.63, 3.8) is 0 Å². The van der Waals surface area contributed by atoms with Gasteiger partial charge < -0.3 is 5.32 Å². The molecule has 0 saturated heterocycles. The molecule has 134 valence electrons. The Morgan fingerprint density at radius 3 is 3.08 bits per heavy atom. The molecule has 0 aromatic carbocycles. The van der Waals surface area contributed by atoms with Crippen LogP contribution >= 0.6 is 23.1 Å². The highest BCUT2D eigenvalue weighted by molar-refractivity contribution is 8.00. The number of rotatable bonds is 6. The summed E-state index contributed by atoms with van der Waals surface area (Å²) in [5.41, 5.74) is 2.10. The maximum atomic E-state index is 12.3. The minimum atomic E-state index is -0.297. The van der Waals surface area contributed by atoms with Crippen molar-refractivity contribution < 1.29 is 4.79 Å². The number of nitrogens with one attached hydrogen (secondary N) is 1. The Morgan fingerprint density at radius 2 is 2.32 bits per heavy atom. The first-order valence-corrected chi connectivity index (χ1v) is 10.4. The fraction of sp³-hybridized carbons (Fsp3) is 0.500. The summed E-state index contributed by atoms with van der Waals surface area (Å²) >= 11 is 2.72. The Labute approximate surface area is 155 Å². The highest BCUT2D eigenvalue weighted by Crippen LogP contribution is 2.24. The number of nitrogens with zero attached hydrogens (tertiary/aromatic N) is 2. The van der Waals surface area contributed by atoms with Gasteiger partial charge in [-0.3, -0.25) is 14.2 Å². The summed E-state index contributed by atoms with van der Waals surface area (Å²) < 4.78 is 2.19. The lowest BCUT2D eigenvalue weighted by molar-refractivity contribution is -0.120. The summed E-state index contributed by atoms with van der Waals surface area (Å²) in [6.45, 7) is 2.52. The summed E-state index contributed by atoms with van der Waals surface area (Å²) in [7, 11) is 1.71. The summed E-state index contributed by atoms with van der Waals surface area (Å²) in [6, 6.07) is 1.84. The van der Waals surface area contributed by atoms with Gasteiger partial charge in [-0.05, 0) is 50.5 Å². The van der Waals surface area contributed by atoms with E-state index in [1.165, 1.54) is 52.5 Å². The zero-order chi connectivity index (χ0) is 17.8. The number of carbonyl (C=O) groups is 1. The van der Waals surface area contributed by atoms with E-state index in [1.54, 1.807) is 7.05 Å². The molecule has 0 spiro atoms. The molecule has 2 heterocycles. The number of allylic oxidation sites excluding steroid dienone is 1. The quantitative estimate of drug-likeness (QED) is 0.475. The largest absolute Gasteiger partial charge is 0.355 e. The van der Waals surface area contributed by atoms with Gasteiger partial charge in [-0.25, -0.2) is 4.98 Å². The fourth-order valence-corrected chi connectivity index (χ4v) is 4.61. The second-order valence-electron chi connectivity index (χ2n) is 6.30. The molecular formula is C18H23N3O2S2. The maximum Gasteiger partial charge on any atom is 0.271 e. The third-order valence-corrected chi connectivity index (χ3v) is 6.46. The Morgan fingerprint density at radius 1 is 1.48 bits per heavy atom. The van der Waals surface area contributed by atoms with Crippen molar-refractivity contribution in [2.24, 2.45) is 7.05 Å². The summed E-state index contributed by atoms with van der Waals surface area (Å²) in [6.07, 6.45) is 8.11. The molecule has 25 heavy (non-hydrogen) atoms. The molecule has 1 aliphatic rings. The van der Waals surface area contributed by atoms with E-state index in [1.807, 2.05) is 18.4 Å². The number of fused-ring (bicyclic) bond motifs is 1. The molecular weight excluding hydrogens is 354 g/mol. The van der Waals surface area contributed by atoms with Crippen molar-refractivity contribution in [1.29, 1.82) is 0 Å². The van der Waals surface area contributed by atoms with E-state index in [9.17, 15) is 9.59 Å². The SMILES string of the molecule is CC(Sc1nc2ccsc2c(=O)n1C)C(=O)NCCC1=CCCCC1. The number of amides is 1. The van der Waals surface area contributed by atoms with Gasteiger partial charge in [-0.15, -0.1) is 11.3 Å². The van der Waals surface area contributed by atoms with Gasteiger partial charge >= 0.3 is 0 Å². The van der Waals surface area contributed by atoms with Gasteiger partial charge in [0.2, 0.25) is 5.91 Å². The van der Waals surface area contributed by atoms with E-state index < -0.39 is 0 Å². The van der Waals surface area contributed by atoms with Gasteiger partial charge in [0.25, 0.3) is 5.56 Å². The van der Waals surface area contributed by atoms with Crippen molar-refractivity contribution >= 4 is 39.2 Å². The Kier molecular flexibility index (Phi) is 5.96. The zero-order valence-corrected chi connectivity index (χ0v) is 16.2. The van der Waals surface area contributed by atoms with E-state index in [0.717, 1.165) is 12.8 Å². The number of carbonyl (C=O) groups excluding carboxylic acids is 1. The Bertz CT molecular complexity index is 854. The Hall–Kier alpha value is -1.60. The van der Waals surface area contributed by atoms with Gasteiger partial charge in [-0.1, -0.05) is 23.4 Å². The minimum Gasteiger partial charge on any atom is -0.355 e. The molecule has 1 unspecified atom stereocenters. The van der Waals surface area contributed by atoms with E-state index >= 15 is 0 Å². The molecule has 2 aromatic heterocycles. The first-order chi connectivity index (χ1) is 12.1. The van der Waals surface area contributed by atoms with Crippen LogP contribution in [-0.4, -0.2) is 27.3 Å². The zero-order valence-electron chi connectivity index (χ0n) is 14.6. The smallest absolute Gasteiger partial charge is 0.271 e. The topological polar surface area (TPSA) is 64.0 Å². The van der Waals surface area contributed by atoms with Crippen molar-refractivity contribution in [3.05, 3.63) is 33.4 Å². The van der Waals surface area contributed by atoms with Crippen LogP contribution in [0.2, 0.25) is 0 Å². The molecule has 0 radical (unpaired) electrons. The lowest BCUT2D eigenvalue weighted by Gasteiger charge is -2.15. The van der Waals surface area contributed by atoms with Gasteiger partial charge in [-0.2, -0.15) is 0 Å². The van der Waals surface area contributed by atoms with Crippen LogP contribution in [0.3, 0.4) is 0 Å². The van der Waals surface area contributed by atoms with Crippen LogP contribution < -0.4 is 10.9 Å². The minimum absolute atomic E-state index is 0.0129. The Balaban J connectivity index is 1.58. The maximum absolute atomic E-state index is 12.3. The van der Waals surface area contributed by atoms with Crippen molar-refractivity contribution in [2.75, 3.05) is 6.54 Å². The van der Waals surface area contributed by atoms with Crippen LogP contribution in [0.4, 0.5) is 0 Å². The van der Waals surface area contributed by atoms with Gasteiger partial charge in [0, 0.05) is 13.6 Å². The van der Waals surface area contributed by atoms with E-state index in [4.69, 9.17) is 0 Å². The molecule has 2 aromatic rings. The van der Waals surface area contributed by atoms with Crippen molar-refractivity contribution in [2.45, 2.75) is 49.4 Å². The summed E-state index contributed by atoms with van der Waals surface area (Å²) in [5, 5.41) is 5.15. The van der Waals surface area contributed by atoms with Gasteiger partial charge in [0.15, 0.2) is 5.16 Å². The van der Waals surface area contributed by atoms with Crippen molar-refractivity contribution in [1.82, 2.24) is 14.9 Å². The summed E-state index contributed by atoms with van der Waals surface area (Å²) in [5.74, 6) is -0.0129. The summed E-state index contributed by atoms with van der Waals surface area (Å²) in [4.78, 5) is 29.2. The standard InChI is InChI=1S/C18H23N3O2S2/c1-12(16(22)19-10-8-13-6-4-3-5-7-13)25-18-20-14-9-11-24-15(14)17(23)21(18)2/h6,9,11-12H,3-5,7-8,10H2,1-2H3,(H,19,22). The number of thiophene rings is 1. The average Bonchev–Trinajstić information content (AvgIpc) is 3.08. The lowest BCUT2D eigenvalue weighted by atomic mass is 9.97. The molecule has 7 heteroatoms. The predicted molar refractivity (Wildman–Crippen MR) is 104 cm³/mol. The third-order valence-electron chi connectivity index (χ3n) is 4.43. The highest BCUT2D eigenvalue weighted by Gasteiger charge is 2.18. The van der Waals surface area contributed by atoms with E-state index in [2.05, 4.69) is 16.4 Å². The second-order valence-corrected chi connectivity index (χ2v) is 8.53. The van der Waals surface area contributed by atoms with Crippen LogP contribution in [0.1, 0.15) is 39.0 Å². The van der Waals surface area contributed by atoms with Gasteiger partial charge in [0.1, 0.15) is 4.70 Å². The van der Waals surface area contributed by atoms with E-state index in [-0.39, 0.29) is 16.7 Å². The molecule has 0 aliphatic heterocycles. The fourth-order valence-electron chi connectivity index (χ4n) is 2.91. The first kappa shape index (κ1) is 18.2. The normalized spacial score (nSPS) is 15.8. The van der Waals surface area contributed by atoms with E-state index in [0.29, 0.717) is 21.9 Å². The lowest BCUT2D eigenvalue weighted by Crippen LogP contribution is -2.32. The third kappa shape index (κ3) is 4.33. The number of hydrogen-bond acceptors (Lipinski definition) is 5. The number of hydrogen-bond donors (Lipinski definition) is 1. The molecule has 0 fully saturated rings. The molecule has 1 aliphatic carbocycles. The number of thioether (sulfide) groups is 1. The van der Waals surface area contributed by atoms with Crippen LogP contribution in [0, 0.1) is 0 Å². The molecule has 5 nitrogen and oxygen atoms in total. The molecule has 3 rings (SSSR count). The average molecular weight is 378 g/mol.